The van der Waals surface area contributed by atoms with Crippen molar-refractivity contribution in [3.8, 4) is 0 Å². The van der Waals surface area contributed by atoms with Gasteiger partial charge in [0.2, 0.25) is 0 Å². The van der Waals surface area contributed by atoms with E-state index in [0.717, 1.165) is 12.0 Å². The van der Waals surface area contributed by atoms with Gasteiger partial charge < -0.3 is 5.32 Å². The average Bonchev–Trinajstić information content (AvgIpc) is 2.64. The first-order valence-electron chi connectivity index (χ1n) is 6.84. The fourth-order valence-corrected chi connectivity index (χ4v) is 2.72. The number of allylic oxidation sites excluding steroid dienone is 1. The van der Waals surface area contributed by atoms with E-state index < -0.39 is 0 Å². The van der Waals surface area contributed by atoms with Crippen molar-refractivity contribution in [3.63, 3.8) is 0 Å². The molecule has 1 unspecified atom stereocenters. The topological polar surface area (TPSA) is 12.0 Å². The van der Waals surface area contributed by atoms with Crippen LogP contribution in [0.5, 0.6) is 0 Å². The Labute approximate surface area is 109 Å². The van der Waals surface area contributed by atoms with Gasteiger partial charge in [-0.25, -0.2) is 4.39 Å². The van der Waals surface area contributed by atoms with Gasteiger partial charge in [0, 0.05) is 0 Å². The zero-order valence-corrected chi connectivity index (χ0v) is 11.3. The van der Waals surface area contributed by atoms with E-state index in [0.29, 0.717) is 0 Å². The number of nitrogens with one attached hydrogen (secondary N) is 1. The van der Waals surface area contributed by atoms with Crippen LogP contribution in [0.25, 0.3) is 0 Å². The number of halogens is 1. The Morgan fingerprint density at radius 2 is 2.06 bits per heavy atom. The van der Waals surface area contributed by atoms with Crippen molar-refractivity contribution in [2.75, 3.05) is 7.05 Å². The molecule has 0 spiro atoms. The molecule has 2 heteroatoms. The van der Waals surface area contributed by atoms with E-state index in [2.05, 4.69) is 11.4 Å². The second-order valence-electron chi connectivity index (χ2n) is 5.11. The largest absolute Gasteiger partial charge is 0.310 e. The van der Waals surface area contributed by atoms with Crippen LogP contribution in [0.4, 0.5) is 4.39 Å². The van der Waals surface area contributed by atoms with Gasteiger partial charge in [0.05, 0.1) is 6.04 Å². The van der Waals surface area contributed by atoms with Crippen LogP contribution < -0.4 is 5.32 Å². The molecule has 0 saturated carbocycles. The Morgan fingerprint density at radius 1 is 1.22 bits per heavy atom. The second kappa shape index (κ2) is 6.14. The Kier molecular flexibility index (Phi) is 4.54. The molecular weight excluding hydrogens is 225 g/mol. The summed E-state index contributed by atoms with van der Waals surface area (Å²) in [6, 6.07) is 5.67. The van der Waals surface area contributed by atoms with Crippen molar-refractivity contribution < 1.29 is 4.39 Å². The van der Waals surface area contributed by atoms with E-state index in [1.807, 2.05) is 26.1 Å². The lowest BCUT2D eigenvalue weighted by Crippen LogP contribution is -2.19. The first kappa shape index (κ1) is 13.3. The minimum absolute atomic E-state index is 0.122. The fraction of sp³-hybridized carbons (Fsp3) is 0.500. The third-order valence-electron chi connectivity index (χ3n) is 3.75. The molecule has 0 fully saturated rings. The van der Waals surface area contributed by atoms with E-state index in [-0.39, 0.29) is 11.9 Å². The first-order valence-corrected chi connectivity index (χ1v) is 6.84. The van der Waals surface area contributed by atoms with Crippen LogP contribution in [0, 0.1) is 12.7 Å². The van der Waals surface area contributed by atoms with Gasteiger partial charge in [-0.1, -0.05) is 30.2 Å². The van der Waals surface area contributed by atoms with Gasteiger partial charge in [-0.05, 0) is 56.8 Å². The molecule has 0 bridgehead atoms. The predicted molar refractivity (Wildman–Crippen MR) is 74.1 cm³/mol. The van der Waals surface area contributed by atoms with E-state index in [1.165, 1.54) is 36.8 Å². The average molecular weight is 247 g/mol. The smallest absolute Gasteiger partial charge is 0.126 e. The van der Waals surface area contributed by atoms with E-state index in [9.17, 15) is 4.39 Å². The lowest BCUT2D eigenvalue weighted by atomic mass is 9.94. The molecule has 0 amide bonds. The third kappa shape index (κ3) is 2.99. The standard InChI is InChI=1S/C16H22FN/c1-12-11-14(9-10-15(12)17)16(18-2)13-7-5-3-4-6-8-13/h7,9-11,16,18H,3-6,8H2,1-2H3. The highest BCUT2D eigenvalue weighted by Crippen LogP contribution is 2.29. The van der Waals surface area contributed by atoms with E-state index in [4.69, 9.17) is 0 Å². The Bertz CT molecular complexity index is 437. The maximum Gasteiger partial charge on any atom is 0.126 e. The van der Waals surface area contributed by atoms with Crippen molar-refractivity contribution in [2.24, 2.45) is 0 Å². The third-order valence-corrected chi connectivity index (χ3v) is 3.75. The van der Waals surface area contributed by atoms with Crippen molar-refractivity contribution in [1.82, 2.24) is 5.32 Å². The highest BCUT2D eigenvalue weighted by Gasteiger charge is 2.16. The number of rotatable bonds is 3. The molecule has 1 aliphatic rings. The molecule has 1 atom stereocenters. The summed E-state index contributed by atoms with van der Waals surface area (Å²) >= 11 is 0. The van der Waals surface area contributed by atoms with Crippen molar-refractivity contribution >= 4 is 0 Å². The summed E-state index contributed by atoms with van der Waals surface area (Å²) in [5.41, 5.74) is 3.35. The molecule has 98 valence electrons. The van der Waals surface area contributed by atoms with Gasteiger partial charge >= 0.3 is 0 Å². The van der Waals surface area contributed by atoms with Crippen LogP contribution >= 0.6 is 0 Å². The molecule has 0 aliphatic heterocycles. The number of likely N-dealkylation sites (N-methyl/N-ethyl adjacent to an activating group) is 1. The van der Waals surface area contributed by atoms with E-state index in [1.54, 1.807) is 6.07 Å². The lowest BCUT2D eigenvalue weighted by molar-refractivity contribution is 0.606. The highest BCUT2D eigenvalue weighted by atomic mass is 19.1. The molecule has 1 aromatic rings. The number of aryl methyl sites for hydroxylation is 1. The molecular formula is C16H22FN. The molecule has 2 rings (SSSR count). The number of benzene rings is 1. The maximum atomic E-state index is 13.3. The van der Waals surface area contributed by atoms with Crippen LogP contribution in [0.2, 0.25) is 0 Å². The van der Waals surface area contributed by atoms with E-state index >= 15 is 0 Å². The summed E-state index contributed by atoms with van der Waals surface area (Å²) in [6.07, 6.45) is 8.58. The van der Waals surface area contributed by atoms with Crippen LogP contribution in [0.15, 0.2) is 29.8 Å². The molecule has 1 nitrogen and oxygen atoms in total. The predicted octanol–water partition coefficient (Wildman–Crippen LogP) is 4.29. The Hall–Kier alpha value is -1.15. The first-order chi connectivity index (χ1) is 8.72. The summed E-state index contributed by atoms with van der Waals surface area (Å²) in [6.45, 7) is 1.83. The van der Waals surface area contributed by atoms with Gasteiger partial charge in [-0.2, -0.15) is 0 Å². The van der Waals surface area contributed by atoms with Crippen molar-refractivity contribution in [1.29, 1.82) is 0 Å². The molecule has 1 aromatic carbocycles. The normalized spacial score (nSPS) is 18.1. The summed E-state index contributed by atoms with van der Waals surface area (Å²) in [4.78, 5) is 0. The van der Waals surface area contributed by atoms with Gasteiger partial charge in [-0.3, -0.25) is 0 Å². The number of hydrogen-bond donors (Lipinski definition) is 1. The minimum atomic E-state index is -0.122. The molecule has 0 heterocycles. The van der Waals surface area contributed by atoms with Crippen molar-refractivity contribution in [2.45, 2.75) is 45.1 Å². The molecule has 1 aliphatic carbocycles. The lowest BCUT2D eigenvalue weighted by Gasteiger charge is -2.20. The van der Waals surface area contributed by atoms with Crippen molar-refractivity contribution in [3.05, 3.63) is 46.8 Å². The van der Waals surface area contributed by atoms with Crippen LogP contribution in [0.1, 0.15) is 49.3 Å². The summed E-state index contributed by atoms with van der Waals surface area (Å²) in [7, 11) is 1.98. The molecule has 0 radical (unpaired) electrons. The fourth-order valence-electron chi connectivity index (χ4n) is 2.72. The highest BCUT2D eigenvalue weighted by molar-refractivity contribution is 5.32. The SMILES string of the molecule is CNC(C1=CCCCCC1)c1ccc(F)c(C)c1. The second-order valence-corrected chi connectivity index (χ2v) is 5.11. The molecule has 18 heavy (non-hydrogen) atoms. The molecule has 0 aromatic heterocycles. The summed E-state index contributed by atoms with van der Waals surface area (Å²) in [5, 5.41) is 3.37. The van der Waals surface area contributed by atoms with Gasteiger partial charge in [-0.15, -0.1) is 0 Å². The minimum Gasteiger partial charge on any atom is -0.310 e. The maximum absolute atomic E-state index is 13.3. The quantitative estimate of drug-likeness (QED) is 0.786. The molecule has 0 saturated heterocycles. The van der Waals surface area contributed by atoms with Crippen LogP contribution in [0.3, 0.4) is 0 Å². The Morgan fingerprint density at radius 3 is 2.78 bits per heavy atom. The zero-order chi connectivity index (χ0) is 13.0. The number of hydrogen-bond acceptors (Lipinski definition) is 1. The van der Waals surface area contributed by atoms with Crippen LogP contribution in [-0.2, 0) is 0 Å². The Balaban J connectivity index is 2.26. The van der Waals surface area contributed by atoms with Gasteiger partial charge in [0.25, 0.3) is 0 Å². The zero-order valence-electron chi connectivity index (χ0n) is 11.3. The summed E-state index contributed by atoms with van der Waals surface area (Å²) in [5.74, 6) is -0.122. The van der Waals surface area contributed by atoms with Gasteiger partial charge in [0.1, 0.15) is 5.82 Å². The summed E-state index contributed by atoms with van der Waals surface area (Å²) < 4.78 is 13.3. The molecule has 1 N–H and O–H groups in total. The monoisotopic (exact) mass is 247 g/mol. The van der Waals surface area contributed by atoms with Crippen LogP contribution in [-0.4, -0.2) is 7.05 Å². The van der Waals surface area contributed by atoms with Gasteiger partial charge in [0.15, 0.2) is 0 Å².